The predicted octanol–water partition coefficient (Wildman–Crippen LogP) is 1.87. The van der Waals surface area contributed by atoms with Crippen LogP contribution in [0.2, 0.25) is 5.02 Å². The number of halogens is 2. The molecule has 1 aromatic rings. The Morgan fingerprint density at radius 3 is 2.59 bits per heavy atom. The summed E-state index contributed by atoms with van der Waals surface area (Å²) in [5.41, 5.74) is 5.61. The fourth-order valence-corrected chi connectivity index (χ4v) is 3.62. The lowest BCUT2D eigenvalue weighted by Gasteiger charge is -2.32. The van der Waals surface area contributed by atoms with Crippen LogP contribution in [0.3, 0.4) is 0 Å². The van der Waals surface area contributed by atoms with E-state index in [9.17, 15) is 8.42 Å². The molecule has 0 saturated heterocycles. The monoisotopic (exact) mass is 338 g/mol. The maximum atomic E-state index is 12.0. The second-order valence-electron chi connectivity index (χ2n) is 4.13. The molecule has 1 saturated carbocycles. The van der Waals surface area contributed by atoms with E-state index in [-0.39, 0.29) is 17.0 Å². The molecule has 0 bridgehead atoms. The third-order valence-corrected chi connectivity index (χ3v) is 5.43. The lowest BCUT2D eigenvalue weighted by molar-refractivity contribution is 0.327. The van der Waals surface area contributed by atoms with E-state index in [1.165, 1.54) is 12.1 Å². The molecule has 0 radical (unpaired) electrons. The molecule has 0 spiro atoms. The Morgan fingerprint density at radius 2 is 2.06 bits per heavy atom. The Kier molecular flexibility index (Phi) is 3.80. The highest BCUT2D eigenvalue weighted by Gasteiger charge is 2.30. The van der Waals surface area contributed by atoms with Crippen LogP contribution < -0.4 is 10.5 Å². The van der Waals surface area contributed by atoms with Crippen molar-refractivity contribution in [1.29, 1.82) is 0 Å². The number of hydrogen-bond donors (Lipinski definition) is 2. The van der Waals surface area contributed by atoms with Gasteiger partial charge in [0.1, 0.15) is 0 Å². The van der Waals surface area contributed by atoms with Crippen molar-refractivity contribution in [3.05, 3.63) is 27.7 Å². The van der Waals surface area contributed by atoms with Crippen molar-refractivity contribution in [2.45, 2.75) is 29.8 Å². The van der Waals surface area contributed by atoms with Gasteiger partial charge >= 0.3 is 0 Å². The summed E-state index contributed by atoms with van der Waals surface area (Å²) >= 11 is 9.02. The first-order valence-corrected chi connectivity index (χ1v) is 7.77. The molecule has 7 heteroatoms. The minimum Gasteiger partial charge on any atom is -0.328 e. The van der Waals surface area contributed by atoms with E-state index in [1.807, 2.05) is 0 Å². The summed E-state index contributed by atoms with van der Waals surface area (Å²) in [6.45, 7) is 0. The summed E-state index contributed by atoms with van der Waals surface area (Å²) in [6.07, 6.45) is 1.38. The van der Waals surface area contributed by atoms with Gasteiger partial charge in [-0.1, -0.05) is 11.6 Å². The maximum absolute atomic E-state index is 12.0. The van der Waals surface area contributed by atoms with Crippen LogP contribution in [0.15, 0.2) is 27.6 Å². The Hall–Kier alpha value is -0.140. The molecule has 3 N–H and O–H groups in total. The van der Waals surface area contributed by atoms with Crippen LogP contribution in [-0.4, -0.2) is 20.5 Å². The van der Waals surface area contributed by atoms with E-state index in [2.05, 4.69) is 20.7 Å². The summed E-state index contributed by atoms with van der Waals surface area (Å²) in [4.78, 5) is 0.203. The molecule has 0 unspecified atom stereocenters. The number of hydrogen-bond acceptors (Lipinski definition) is 3. The van der Waals surface area contributed by atoms with Crippen molar-refractivity contribution in [3.63, 3.8) is 0 Å². The molecule has 17 heavy (non-hydrogen) atoms. The number of benzene rings is 1. The molecular formula is C10H12BrClN2O2S. The van der Waals surface area contributed by atoms with Crippen molar-refractivity contribution >= 4 is 37.6 Å². The van der Waals surface area contributed by atoms with Crippen molar-refractivity contribution < 1.29 is 8.42 Å². The second-order valence-corrected chi connectivity index (χ2v) is 7.10. The van der Waals surface area contributed by atoms with Crippen molar-refractivity contribution in [3.8, 4) is 0 Å². The normalized spacial score (nSPS) is 24.4. The van der Waals surface area contributed by atoms with Gasteiger partial charge in [0, 0.05) is 16.6 Å². The van der Waals surface area contributed by atoms with Crippen molar-refractivity contribution in [1.82, 2.24) is 4.72 Å². The van der Waals surface area contributed by atoms with E-state index in [4.69, 9.17) is 17.3 Å². The van der Waals surface area contributed by atoms with E-state index in [0.29, 0.717) is 22.3 Å². The number of rotatable bonds is 3. The van der Waals surface area contributed by atoms with Crippen LogP contribution in [0.4, 0.5) is 0 Å². The molecule has 2 rings (SSSR count). The molecule has 4 nitrogen and oxygen atoms in total. The first-order valence-electron chi connectivity index (χ1n) is 5.11. The van der Waals surface area contributed by atoms with E-state index < -0.39 is 10.0 Å². The Bertz CT molecular complexity index is 529. The van der Waals surface area contributed by atoms with Crippen molar-refractivity contribution in [2.24, 2.45) is 5.73 Å². The molecular weight excluding hydrogens is 328 g/mol. The summed E-state index contributed by atoms with van der Waals surface area (Å²) in [6, 6.07) is 4.58. The Labute approximate surface area is 114 Å². The highest BCUT2D eigenvalue weighted by Crippen LogP contribution is 2.26. The molecule has 1 aromatic carbocycles. The molecule has 1 aliphatic carbocycles. The largest absolute Gasteiger partial charge is 0.328 e. The van der Waals surface area contributed by atoms with Gasteiger partial charge in [-0.25, -0.2) is 13.1 Å². The lowest BCUT2D eigenvalue weighted by atomic mass is 9.89. The fourth-order valence-electron chi connectivity index (χ4n) is 1.69. The van der Waals surface area contributed by atoms with E-state index in [0.717, 1.165) is 0 Å². The first-order chi connectivity index (χ1) is 7.88. The second kappa shape index (κ2) is 4.85. The molecule has 94 valence electrons. The molecule has 0 amide bonds. The van der Waals surface area contributed by atoms with Gasteiger partial charge in [0.2, 0.25) is 10.0 Å². The third kappa shape index (κ3) is 3.00. The Balaban J connectivity index is 2.17. The smallest absolute Gasteiger partial charge is 0.240 e. The van der Waals surface area contributed by atoms with Crippen LogP contribution in [0.5, 0.6) is 0 Å². The fraction of sp³-hybridized carbons (Fsp3) is 0.400. The van der Waals surface area contributed by atoms with Crippen molar-refractivity contribution in [2.75, 3.05) is 0 Å². The summed E-state index contributed by atoms with van der Waals surface area (Å²) in [7, 11) is -3.48. The number of nitrogens with two attached hydrogens (primary N) is 1. The summed E-state index contributed by atoms with van der Waals surface area (Å²) < 4.78 is 27.2. The van der Waals surface area contributed by atoms with Gasteiger partial charge in [-0.3, -0.25) is 0 Å². The van der Waals surface area contributed by atoms with Crippen LogP contribution in [-0.2, 0) is 10.0 Å². The van der Waals surface area contributed by atoms with Gasteiger partial charge in [0.25, 0.3) is 0 Å². The van der Waals surface area contributed by atoms with Gasteiger partial charge < -0.3 is 5.73 Å². The predicted molar refractivity (Wildman–Crippen MR) is 70.5 cm³/mol. The molecule has 1 fully saturated rings. The molecule has 0 aromatic heterocycles. The van der Waals surface area contributed by atoms with Gasteiger partial charge in [-0.05, 0) is 47.0 Å². The zero-order valence-corrected chi connectivity index (χ0v) is 12.0. The molecule has 0 atom stereocenters. The quantitative estimate of drug-likeness (QED) is 0.883. The minimum absolute atomic E-state index is 0.0514. The molecule has 1 aliphatic rings. The van der Waals surface area contributed by atoms with Crippen LogP contribution >= 0.6 is 27.5 Å². The van der Waals surface area contributed by atoms with Gasteiger partial charge in [-0.15, -0.1) is 0 Å². The average Bonchev–Trinajstić information content (AvgIpc) is 2.19. The Morgan fingerprint density at radius 1 is 1.41 bits per heavy atom. The minimum atomic E-state index is -3.48. The van der Waals surface area contributed by atoms with Gasteiger partial charge in [0.15, 0.2) is 0 Å². The highest BCUT2D eigenvalue weighted by molar-refractivity contribution is 9.10. The van der Waals surface area contributed by atoms with Crippen LogP contribution in [0.1, 0.15) is 12.8 Å². The standard InChI is InChI=1S/C10H12BrClN2O2S/c11-9-5-8(1-2-10(9)12)17(15,16)14-7-3-6(13)4-7/h1-2,5-7,14H,3-4,13H2. The van der Waals surface area contributed by atoms with Gasteiger partial charge in [-0.2, -0.15) is 0 Å². The van der Waals surface area contributed by atoms with Gasteiger partial charge in [0.05, 0.1) is 9.92 Å². The van der Waals surface area contributed by atoms with Crippen LogP contribution in [0, 0.1) is 0 Å². The average molecular weight is 340 g/mol. The van der Waals surface area contributed by atoms with Crippen LogP contribution in [0.25, 0.3) is 0 Å². The number of nitrogens with one attached hydrogen (secondary N) is 1. The number of sulfonamides is 1. The SMILES string of the molecule is NC1CC(NS(=O)(=O)c2ccc(Cl)c(Br)c2)C1. The molecule has 0 heterocycles. The van der Waals surface area contributed by atoms with E-state index >= 15 is 0 Å². The van der Waals surface area contributed by atoms with E-state index in [1.54, 1.807) is 6.07 Å². The highest BCUT2D eigenvalue weighted by atomic mass is 79.9. The maximum Gasteiger partial charge on any atom is 0.240 e. The summed E-state index contributed by atoms with van der Waals surface area (Å²) in [5.74, 6) is 0. The zero-order chi connectivity index (χ0) is 12.6. The topological polar surface area (TPSA) is 72.2 Å². The lowest BCUT2D eigenvalue weighted by Crippen LogP contribution is -2.50. The first kappa shape index (κ1) is 13.3. The third-order valence-electron chi connectivity index (χ3n) is 2.70. The molecule has 0 aliphatic heterocycles. The zero-order valence-electron chi connectivity index (χ0n) is 8.86. The summed E-state index contributed by atoms with van der Waals surface area (Å²) in [5, 5.41) is 0.481.